The Balaban J connectivity index is 1.71. The number of nitrogens with one attached hydrogen (secondary N) is 3. The molecule has 0 bridgehead atoms. The standard InChI is InChI=1S/C22H23ClN4O4/c1-24-20(29)19(9-4-10-28)27-13-18-14(5-2-8-17(18)21(27)30)12-25-22(31)26-16-7-3-6-15(23)11-16/h2-3,5-8,10-11,19H,4,9,12-13H2,1H3,(H,24,29)(H2,25,26,31). The summed E-state index contributed by atoms with van der Waals surface area (Å²) >= 11 is 5.93. The highest BCUT2D eigenvalue weighted by Crippen LogP contribution is 2.29. The van der Waals surface area contributed by atoms with E-state index in [1.165, 1.54) is 11.9 Å². The monoisotopic (exact) mass is 442 g/mol. The van der Waals surface area contributed by atoms with Crippen LogP contribution in [0.25, 0.3) is 0 Å². The van der Waals surface area contributed by atoms with Gasteiger partial charge in [-0.15, -0.1) is 0 Å². The summed E-state index contributed by atoms with van der Waals surface area (Å²) in [6.45, 7) is 0.439. The first-order valence-electron chi connectivity index (χ1n) is 9.82. The Morgan fingerprint density at radius 1 is 1.23 bits per heavy atom. The Morgan fingerprint density at radius 3 is 2.71 bits per heavy atom. The van der Waals surface area contributed by atoms with Gasteiger partial charge in [0, 0.05) is 42.8 Å². The summed E-state index contributed by atoms with van der Waals surface area (Å²) in [5.74, 6) is -0.580. The highest BCUT2D eigenvalue weighted by atomic mass is 35.5. The summed E-state index contributed by atoms with van der Waals surface area (Å²) in [4.78, 5) is 49.8. The summed E-state index contributed by atoms with van der Waals surface area (Å²) in [5, 5.41) is 8.55. The van der Waals surface area contributed by atoms with Crippen molar-refractivity contribution in [2.75, 3.05) is 12.4 Å². The van der Waals surface area contributed by atoms with Crippen molar-refractivity contribution in [3.8, 4) is 0 Å². The van der Waals surface area contributed by atoms with Crippen molar-refractivity contribution in [2.45, 2.75) is 32.0 Å². The van der Waals surface area contributed by atoms with Crippen molar-refractivity contribution < 1.29 is 19.2 Å². The van der Waals surface area contributed by atoms with Crippen LogP contribution in [0.1, 0.15) is 34.3 Å². The van der Waals surface area contributed by atoms with E-state index in [4.69, 9.17) is 11.6 Å². The SMILES string of the molecule is CNC(=O)C(CCC=O)N1Cc2c(CNC(=O)Nc3cccc(Cl)c3)cccc2C1=O. The van der Waals surface area contributed by atoms with Gasteiger partial charge < -0.3 is 25.6 Å². The van der Waals surface area contributed by atoms with Crippen molar-refractivity contribution >= 4 is 41.4 Å². The summed E-state index contributed by atoms with van der Waals surface area (Å²) in [6, 6.07) is 10.9. The molecule has 2 aromatic rings. The average Bonchev–Trinajstić information content (AvgIpc) is 3.09. The maximum absolute atomic E-state index is 12.9. The number of benzene rings is 2. The lowest BCUT2D eigenvalue weighted by atomic mass is 10.0. The van der Waals surface area contributed by atoms with Crippen LogP contribution >= 0.6 is 11.6 Å². The molecule has 2 aromatic carbocycles. The summed E-state index contributed by atoms with van der Waals surface area (Å²) < 4.78 is 0. The average molecular weight is 443 g/mol. The van der Waals surface area contributed by atoms with Crippen LogP contribution in [0, 0.1) is 0 Å². The molecule has 0 spiro atoms. The number of hydrogen-bond donors (Lipinski definition) is 3. The Kier molecular flexibility index (Phi) is 7.25. The normalized spacial score (nSPS) is 13.4. The van der Waals surface area contributed by atoms with Gasteiger partial charge in [-0.2, -0.15) is 0 Å². The van der Waals surface area contributed by atoms with Crippen molar-refractivity contribution in [3.05, 3.63) is 64.2 Å². The molecule has 1 aliphatic rings. The van der Waals surface area contributed by atoms with E-state index >= 15 is 0 Å². The summed E-state index contributed by atoms with van der Waals surface area (Å²) in [7, 11) is 1.50. The van der Waals surface area contributed by atoms with Gasteiger partial charge in [-0.25, -0.2) is 4.79 Å². The van der Waals surface area contributed by atoms with Gasteiger partial charge in [0.05, 0.1) is 0 Å². The molecule has 3 rings (SSSR count). The minimum Gasteiger partial charge on any atom is -0.357 e. The van der Waals surface area contributed by atoms with Crippen LogP contribution in [0.4, 0.5) is 10.5 Å². The van der Waals surface area contributed by atoms with Gasteiger partial charge in [-0.3, -0.25) is 9.59 Å². The van der Waals surface area contributed by atoms with Crippen LogP contribution in [-0.4, -0.2) is 42.1 Å². The molecule has 31 heavy (non-hydrogen) atoms. The van der Waals surface area contributed by atoms with Crippen molar-refractivity contribution in [1.82, 2.24) is 15.5 Å². The fraction of sp³-hybridized carbons (Fsp3) is 0.273. The Morgan fingerprint density at radius 2 is 2.00 bits per heavy atom. The molecule has 0 aliphatic carbocycles. The van der Waals surface area contributed by atoms with Crippen LogP contribution in [0.15, 0.2) is 42.5 Å². The fourth-order valence-electron chi connectivity index (χ4n) is 3.57. The number of nitrogens with zero attached hydrogens (tertiary/aromatic N) is 1. The third kappa shape index (κ3) is 5.21. The van der Waals surface area contributed by atoms with Gasteiger partial charge in [-0.05, 0) is 41.8 Å². The second-order valence-corrected chi connectivity index (χ2v) is 7.50. The number of carbonyl (C=O) groups excluding carboxylic acids is 4. The quantitative estimate of drug-likeness (QED) is 0.546. The number of aldehydes is 1. The van der Waals surface area contributed by atoms with Crippen LogP contribution in [-0.2, 0) is 22.7 Å². The molecular formula is C22H23ClN4O4. The first kappa shape index (κ1) is 22.3. The zero-order valence-corrected chi connectivity index (χ0v) is 17.7. The predicted octanol–water partition coefficient (Wildman–Crippen LogP) is 2.71. The molecule has 0 radical (unpaired) electrons. The zero-order valence-electron chi connectivity index (χ0n) is 17.0. The second kappa shape index (κ2) is 10.1. The lowest BCUT2D eigenvalue weighted by Crippen LogP contribution is -2.46. The molecule has 0 aromatic heterocycles. The van der Waals surface area contributed by atoms with E-state index in [2.05, 4.69) is 16.0 Å². The van der Waals surface area contributed by atoms with E-state index in [1.807, 2.05) is 6.07 Å². The number of likely N-dealkylation sites (N-methyl/N-ethyl adjacent to an activating group) is 1. The fourth-order valence-corrected chi connectivity index (χ4v) is 3.76. The lowest BCUT2D eigenvalue weighted by Gasteiger charge is -2.25. The van der Waals surface area contributed by atoms with E-state index in [9.17, 15) is 19.2 Å². The molecular weight excluding hydrogens is 420 g/mol. The topological polar surface area (TPSA) is 108 Å². The first-order valence-corrected chi connectivity index (χ1v) is 10.2. The van der Waals surface area contributed by atoms with E-state index in [0.717, 1.165) is 17.4 Å². The Hall–Kier alpha value is -3.39. The lowest BCUT2D eigenvalue weighted by molar-refractivity contribution is -0.125. The third-order valence-corrected chi connectivity index (χ3v) is 5.33. The van der Waals surface area contributed by atoms with Gasteiger partial charge in [0.2, 0.25) is 5.91 Å². The molecule has 1 unspecified atom stereocenters. The minimum atomic E-state index is -0.734. The van der Waals surface area contributed by atoms with E-state index in [1.54, 1.807) is 36.4 Å². The molecule has 162 valence electrons. The number of rotatable bonds is 8. The molecule has 0 saturated heterocycles. The predicted molar refractivity (Wildman–Crippen MR) is 117 cm³/mol. The second-order valence-electron chi connectivity index (χ2n) is 7.07. The number of carbonyl (C=O) groups is 4. The molecule has 1 heterocycles. The first-order chi connectivity index (χ1) is 14.9. The zero-order chi connectivity index (χ0) is 22.4. The summed E-state index contributed by atoms with van der Waals surface area (Å²) in [6.07, 6.45) is 1.16. The van der Waals surface area contributed by atoms with Crippen LogP contribution in [0.2, 0.25) is 5.02 Å². The smallest absolute Gasteiger partial charge is 0.319 e. The van der Waals surface area contributed by atoms with Crippen molar-refractivity contribution in [3.63, 3.8) is 0 Å². The molecule has 3 N–H and O–H groups in total. The van der Waals surface area contributed by atoms with Crippen LogP contribution in [0.5, 0.6) is 0 Å². The third-order valence-electron chi connectivity index (χ3n) is 5.10. The highest BCUT2D eigenvalue weighted by molar-refractivity contribution is 6.30. The number of fused-ring (bicyclic) bond motifs is 1. The maximum atomic E-state index is 12.9. The number of urea groups is 1. The van der Waals surface area contributed by atoms with Crippen molar-refractivity contribution in [2.24, 2.45) is 0 Å². The number of halogens is 1. The van der Waals surface area contributed by atoms with Gasteiger partial charge in [0.1, 0.15) is 12.3 Å². The van der Waals surface area contributed by atoms with Gasteiger partial charge >= 0.3 is 6.03 Å². The molecule has 1 aliphatic heterocycles. The van der Waals surface area contributed by atoms with Gasteiger partial charge in [-0.1, -0.05) is 29.8 Å². The van der Waals surface area contributed by atoms with Crippen molar-refractivity contribution in [1.29, 1.82) is 0 Å². The van der Waals surface area contributed by atoms with Gasteiger partial charge in [0.15, 0.2) is 0 Å². The molecule has 8 nitrogen and oxygen atoms in total. The van der Waals surface area contributed by atoms with E-state index < -0.39 is 12.1 Å². The summed E-state index contributed by atoms with van der Waals surface area (Å²) in [5.41, 5.74) is 2.60. The largest absolute Gasteiger partial charge is 0.357 e. The number of hydrogen-bond acceptors (Lipinski definition) is 4. The Labute approximate surface area is 184 Å². The highest BCUT2D eigenvalue weighted by Gasteiger charge is 2.36. The minimum absolute atomic E-state index is 0.177. The Bertz CT molecular complexity index is 1010. The van der Waals surface area contributed by atoms with E-state index in [0.29, 0.717) is 16.3 Å². The molecule has 4 amide bonds. The van der Waals surface area contributed by atoms with Crippen LogP contribution in [0.3, 0.4) is 0 Å². The van der Waals surface area contributed by atoms with Gasteiger partial charge in [0.25, 0.3) is 5.91 Å². The number of amides is 4. The molecule has 9 heteroatoms. The maximum Gasteiger partial charge on any atom is 0.319 e. The van der Waals surface area contributed by atoms with Crippen LogP contribution < -0.4 is 16.0 Å². The molecule has 1 atom stereocenters. The molecule has 0 fully saturated rings. The number of anilines is 1. The van der Waals surface area contributed by atoms with E-state index in [-0.39, 0.29) is 37.7 Å². The molecule has 0 saturated carbocycles.